The smallest absolute Gasteiger partial charge is 0.255 e. The second kappa shape index (κ2) is 9.28. The number of nitrogens with one attached hydrogen (secondary N) is 1. The number of amides is 2. The predicted octanol–water partition coefficient (Wildman–Crippen LogP) is 3.96. The predicted molar refractivity (Wildman–Crippen MR) is 111 cm³/mol. The van der Waals surface area contributed by atoms with Gasteiger partial charge in [-0.2, -0.15) is 0 Å². The molecule has 1 N–H and O–H groups in total. The molecule has 0 unspecified atom stereocenters. The van der Waals surface area contributed by atoms with Gasteiger partial charge in [-0.25, -0.2) is 0 Å². The molecule has 0 spiro atoms. The summed E-state index contributed by atoms with van der Waals surface area (Å²) in [6.07, 6.45) is 0. The highest BCUT2D eigenvalue weighted by atomic mass is 32.2. The summed E-state index contributed by atoms with van der Waals surface area (Å²) in [6.45, 7) is 11.9. The molecule has 152 valence electrons. The van der Waals surface area contributed by atoms with Crippen molar-refractivity contribution in [2.75, 3.05) is 13.1 Å². The molecule has 0 aliphatic heterocycles. The van der Waals surface area contributed by atoms with E-state index >= 15 is 0 Å². The Morgan fingerprint density at radius 1 is 1.21 bits per heavy atom. The van der Waals surface area contributed by atoms with E-state index in [1.165, 1.54) is 0 Å². The summed E-state index contributed by atoms with van der Waals surface area (Å²) in [4.78, 5) is 27.8. The fourth-order valence-electron chi connectivity index (χ4n) is 2.76. The lowest BCUT2D eigenvalue weighted by molar-refractivity contribution is -0.123. The average Bonchev–Trinajstić information content (AvgIpc) is 2.94. The molecule has 2 rings (SSSR count). The Labute approximate surface area is 171 Å². The van der Waals surface area contributed by atoms with Gasteiger partial charge < -0.3 is 14.7 Å². The van der Waals surface area contributed by atoms with Crippen LogP contribution >= 0.6 is 11.8 Å². The second-order valence-corrected chi connectivity index (χ2v) is 8.72. The van der Waals surface area contributed by atoms with E-state index in [0.29, 0.717) is 17.9 Å². The number of aryl methyl sites for hydroxylation is 2. The minimum absolute atomic E-state index is 0.0372. The van der Waals surface area contributed by atoms with Crippen molar-refractivity contribution in [2.45, 2.75) is 57.7 Å². The maximum Gasteiger partial charge on any atom is 0.255 e. The quantitative estimate of drug-likeness (QED) is 0.708. The minimum atomic E-state index is -0.332. The molecule has 0 aliphatic rings. The third kappa shape index (κ3) is 5.86. The molecule has 0 saturated heterocycles. The van der Waals surface area contributed by atoms with Gasteiger partial charge in [0.05, 0.1) is 17.8 Å². The van der Waals surface area contributed by atoms with Crippen LogP contribution in [0.25, 0.3) is 0 Å². The van der Waals surface area contributed by atoms with Gasteiger partial charge in [-0.1, -0.05) is 17.3 Å². The van der Waals surface area contributed by atoms with Gasteiger partial charge in [0.1, 0.15) is 5.76 Å². The molecule has 0 fully saturated rings. The number of nitrogens with zero attached hydrogens (tertiary/aromatic N) is 2. The Hall–Kier alpha value is -2.28. The minimum Gasteiger partial charge on any atom is -0.361 e. The van der Waals surface area contributed by atoms with E-state index in [9.17, 15) is 9.59 Å². The lowest BCUT2D eigenvalue weighted by Crippen LogP contribution is -2.47. The number of rotatable bonds is 7. The van der Waals surface area contributed by atoms with Crippen molar-refractivity contribution in [3.63, 3.8) is 0 Å². The van der Waals surface area contributed by atoms with Crippen molar-refractivity contribution < 1.29 is 14.1 Å². The first-order valence-corrected chi connectivity index (χ1v) is 10.3. The molecule has 0 aliphatic carbocycles. The van der Waals surface area contributed by atoms with Gasteiger partial charge in [0, 0.05) is 28.3 Å². The van der Waals surface area contributed by atoms with Gasteiger partial charge in [-0.05, 0) is 53.7 Å². The zero-order valence-electron chi connectivity index (χ0n) is 17.5. The molecule has 7 heteroatoms. The van der Waals surface area contributed by atoms with Gasteiger partial charge >= 0.3 is 0 Å². The zero-order chi connectivity index (χ0) is 20.9. The first-order chi connectivity index (χ1) is 13.1. The monoisotopic (exact) mass is 403 g/mol. The summed E-state index contributed by atoms with van der Waals surface area (Å²) in [7, 11) is 0. The van der Waals surface area contributed by atoms with Crippen LogP contribution in [0, 0.1) is 13.8 Å². The number of aromatic nitrogens is 1. The number of carbonyl (C=O) groups excluding carboxylic acids is 2. The number of carbonyl (C=O) groups is 2. The van der Waals surface area contributed by atoms with E-state index in [4.69, 9.17) is 4.52 Å². The topological polar surface area (TPSA) is 75.4 Å². The lowest BCUT2D eigenvalue weighted by atomic mass is 10.1. The van der Waals surface area contributed by atoms with Crippen molar-refractivity contribution in [1.29, 1.82) is 0 Å². The fourth-order valence-corrected chi connectivity index (χ4v) is 3.95. The molecule has 1 aromatic carbocycles. The molecular formula is C21H29N3O3S. The average molecular weight is 404 g/mol. The van der Waals surface area contributed by atoms with E-state index in [1.54, 1.807) is 16.7 Å². The summed E-state index contributed by atoms with van der Waals surface area (Å²) in [5.74, 6) is 1.15. The molecule has 6 nitrogen and oxygen atoms in total. The standard InChI is InChI=1S/C21H29N3O3S/c1-7-24(12-19(25)22-21(4,5)6)20(26)16-10-8-9-11-18(16)28-13-17-14(2)23-27-15(17)3/h8-11H,7,12-13H2,1-6H3,(H,22,25). The van der Waals surface area contributed by atoms with Crippen LogP contribution in [-0.2, 0) is 10.5 Å². The van der Waals surface area contributed by atoms with Gasteiger partial charge in [-0.3, -0.25) is 9.59 Å². The maximum atomic E-state index is 13.1. The number of likely N-dealkylation sites (N-methyl/N-ethyl adjacent to an activating group) is 1. The lowest BCUT2D eigenvalue weighted by Gasteiger charge is -2.25. The van der Waals surface area contributed by atoms with Crippen molar-refractivity contribution in [1.82, 2.24) is 15.4 Å². The highest BCUT2D eigenvalue weighted by Crippen LogP contribution is 2.29. The summed E-state index contributed by atoms with van der Waals surface area (Å²) in [5.41, 5.74) is 2.18. The largest absolute Gasteiger partial charge is 0.361 e. The van der Waals surface area contributed by atoms with Crippen LogP contribution in [0.1, 0.15) is 55.1 Å². The molecule has 28 heavy (non-hydrogen) atoms. The summed E-state index contributed by atoms with van der Waals surface area (Å²) >= 11 is 1.57. The zero-order valence-corrected chi connectivity index (χ0v) is 18.3. The van der Waals surface area contributed by atoms with Gasteiger partial charge in [0.15, 0.2) is 0 Å². The summed E-state index contributed by atoms with van der Waals surface area (Å²) in [5, 5.41) is 6.89. The van der Waals surface area contributed by atoms with Crippen LogP contribution in [0.3, 0.4) is 0 Å². The number of benzene rings is 1. The second-order valence-electron chi connectivity index (χ2n) is 7.71. The summed E-state index contributed by atoms with van der Waals surface area (Å²) in [6, 6.07) is 7.49. The molecule has 1 heterocycles. The summed E-state index contributed by atoms with van der Waals surface area (Å²) < 4.78 is 5.22. The molecular weight excluding hydrogens is 374 g/mol. The Balaban J connectivity index is 2.15. The van der Waals surface area contributed by atoms with E-state index in [2.05, 4.69) is 10.5 Å². The first-order valence-electron chi connectivity index (χ1n) is 9.36. The van der Waals surface area contributed by atoms with Crippen LogP contribution < -0.4 is 5.32 Å². The highest BCUT2D eigenvalue weighted by molar-refractivity contribution is 7.98. The number of hydrogen-bond acceptors (Lipinski definition) is 5. The number of thioether (sulfide) groups is 1. The molecule has 0 bridgehead atoms. The fraction of sp³-hybridized carbons (Fsp3) is 0.476. The van der Waals surface area contributed by atoms with Crippen molar-refractivity contribution in [3.8, 4) is 0 Å². The van der Waals surface area contributed by atoms with E-state index in [-0.39, 0.29) is 23.9 Å². The van der Waals surface area contributed by atoms with E-state index in [0.717, 1.165) is 21.9 Å². The SMILES string of the molecule is CCN(CC(=O)NC(C)(C)C)C(=O)c1ccccc1SCc1c(C)noc1C. The van der Waals surface area contributed by atoms with Gasteiger partial charge in [0.2, 0.25) is 5.91 Å². The molecule has 2 amide bonds. The Kier molecular flexibility index (Phi) is 7.29. The van der Waals surface area contributed by atoms with Crippen molar-refractivity contribution in [3.05, 3.63) is 46.8 Å². The van der Waals surface area contributed by atoms with Crippen molar-refractivity contribution in [2.24, 2.45) is 0 Å². The van der Waals surface area contributed by atoms with E-state index < -0.39 is 0 Å². The van der Waals surface area contributed by atoms with Crippen LogP contribution in [0.5, 0.6) is 0 Å². The van der Waals surface area contributed by atoms with Gasteiger partial charge in [-0.15, -0.1) is 11.8 Å². The third-order valence-corrected chi connectivity index (χ3v) is 5.29. The maximum absolute atomic E-state index is 13.1. The van der Waals surface area contributed by atoms with Crippen LogP contribution in [0.4, 0.5) is 0 Å². The Morgan fingerprint density at radius 3 is 2.46 bits per heavy atom. The van der Waals surface area contributed by atoms with E-state index in [1.807, 2.05) is 65.8 Å². The molecule has 0 saturated carbocycles. The number of hydrogen-bond donors (Lipinski definition) is 1. The molecule has 2 aromatic rings. The van der Waals surface area contributed by atoms with Crippen LogP contribution in [-0.4, -0.2) is 40.5 Å². The van der Waals surface area contributed by atoms with Crippen LogP contribution in [0.15, 0.2) is 33.7 Å². The Bertz CT molecular complexity index is 820. The normalized spacial score (nSPS) is 11.4. The Morgan fingerprint density at radius 2 is 1.89 bits per heavy atom. The van der Waals surface area contributed by atoms with Gasteiger partial charge in [0.25, 0.3) is 5.91 Å². The molecule has 0 radical (unpaired) electrons. The molecule has 0 atom stereocenters. The highest BCUT2D eigenvalue weighted by Gasteiger charge is 2.22. The first kappa shape index (κ1) is 22.0. The molecule has 1 aromatic heterocycles. The van der Waals surface area contributed by atoms with Crippen LogP contribution in [0.2, 0.25) is 0 Å². The van der Waals surface area contributed by atoms with Crippen molar-refractivity contribution >= 4 is 23.6 Å². The third-order valence-electron chi connectivity index (χ3n) is 4.19.